The molecule has 0 spiro atoms. The maximum Gasteiger partial charge on any atom is 0.231 e. The number of ether oxygens (including phenoxy) is 2. The minimum Gasteiger partial charge on any atom is -0.454 e. The van der Waals surface area contributed by atoms with E-state index in [4.69, 9.17) is 21.1 Å². The summed E-state index contributed by atoms with van der Waals surface area (Å²) in [5, 5.41) is 7.32. The van der Waals surface area contributed by atoms with E-state index in [1.54, 1.807) is 7.05 Å². The number of hydrogen-bond donors (Lipinski definition) is 2. The van der Waals surface area contributed by atoms with Crippen molar-refractivity contribution in [1.82, 2.24) is 10.6 Å². The fourth-order valence-corrected chi connectivity index (χ4v) is 4.31. The van der Waals surface area contributed by atoms with Crippen LogP contribution in [-0.4, -0.2) is 36.8 Å². The van der Waals surface area contributed by atoms with Gasteiger partial charge in [-0.05, 0) is 43.2 Å². The molecule has 1 unspecified atom stereocenters. The molecule has 2 N–H and O–H groups in total. The lowest BCUT2D eigenvalue weighted by molar-refractivity contribution is 0.174. The van der Waals surface area contributed by atoms with E-state index >= 15 is 0 Å². The molecule has 0 radical (unpaired) electrons. The van der Waals surface area contributed by atoms with Gasteiger partial charge in [0.25, 0.3) is 0 Å². The molecule has 0 aliphatic carbocycles. The normalized spacial score (nSPS) is 23.2. The molecule has 1 fully saturated rings. The molecule has 1 saturated heterocycles. The zero-order valence-electron chi connectivity index (χ0n) is 13.4. The van der Waals surface area contributed by atoms with Gasteiger partial charge in [0, 0.05) is 24.9 Å². The summed E-state index contributed by atoms with van der Waals surface area (Å²) in [5.41, 5.74) is 1.03. The van der Waals surface area contributed by atoms with Crippen molar-refractivity contribution in [2.24, 2.45) is 4.99 Å². The Morgan fingerprint density at radius 3 is 3.00 bits per heavy atom. The standard InChI is InChI=1S/C16H22ClN3O2S/c1-16(4-3-5-23-16)9-20-15(18-2)19-8-11-6-12(17)14-13(7-11)21-10-22-14/h6-7H,3-5,8-10H2,1-2H3,(H2,18,19,20). The molecular formula is C16H22ClN3O2S. The van der Waals surface area contributed by atoms with Gasteiger partial charge >= 0.3 is 0 Å². The van der Waals surface area contributed by atoms with Crippen molar-refractivity contribution in [3.8, 4) is 11.5 Å². The van der Waals surface area contributed by atoms with Crippen LogP contribution in [0, 0.1) is 0 Å². The van der Waals surface area contributed by atoms with Gasteiger partial charge in [0.2, 0.25) is 6.79 Å². The van der Waals surface area contributed by atoms with Gasteiger partial charge in [0.05, 0.1) is 5.02 Å². The Kier molecular flexibility index (Phi) is 5.11. The minimum atomic E-state index is 0.228. The van der Waals surface area contributed by atoms with Crippen LogP contribution in [0.1, 0.15) is 25.3 Å². The monoisotopic (exact) mass is 355 g/mol. The highest BCUT2D eigenvalue weighted by atomic mass is 35.5. The van der Waals surface area contributed by atoms with Gasteiger partial charge in [0.15, 0.2) is 17.5 Å². The molecule has 1 atom stereocenters. The largest absolute Gasteiger partial charge is 0.454 e. The number of benzene rings is 1. The van der Waals surface area contributed by atoms with E-state index in [9.17, 15) is 0 Å². The number of aliphatic imine (C=N–C) groups is 1. The van der Waals surface area contributed by atoms with Crippen LogP contribution in [0.4, 0.5) is 0 Å². The van der Waals surface area contributed by atoms with Crippen molar-refractivity contribution in [2.75, 3.05) is 26.1 Å². The summed E-state index contributed by atoms with van der Waals surface area (Å²) in [6.45, 7) is 4.08. The SMILES string of the molecule is CN=C(NCc1cc(Cl)c2c(c1)OCO2)NCC1(C)CCCS1. The molecule has 3 rings (SSSR count). The number of halogens is 1. The summed E-state index contributed by atoms with van der Waals surface area (Å²) < 4.78 is 11.0. The number of guanidine groups is 1. The molecule has 7 heteroatoms. The van der Waals surface area contributed by atoms with E-state index in [2.05, 4.69) is 22.5 Å². The fourth-order valence-electron chi connectivity index (χ4n) is 2.78. The minimum absolute atomic E-state index is 0.228. The molecule has 1 aromatic carbocycles. The molecule has 1 aromatic rings. The van der Waals surface area contributed by atoms with E-state index in [-0.39, 0.29) is 6.79 Å². The van der Waals surface area contributed by atoms with Gasteiger partial charge < -0.3 is 20.1 Å². The van der Waals surface area contributed by atoms with E-state index in [1.807, 2.05) is 23.9 Å². The first-order valence-corrected chi connectivity index (χ1v) is 9.12. The van der Waals surface area contributed by atoms with Crippen LogP contribution < -0.4 is 20.1 Å². The second-order valence-corrected chi connectivity index (χ2v) is 8.08. The summed E-state index contributed by atoms with van der Waals surface area (Å²) in [4.78, 5) is 4.29. The third kappa shape index (κ3) is 3.98. The highest BCUT2D eigenvalue weighted by Crippen LogP contribution is 2.39. The molecule has 2 heterocycles. The summed E-state index contributed by atoms with van der Waals surface area (Å²) in [6, 6.07) is 3.84. The van der Waals surface area contributed by atoms with Crippen molar-refractivity contribution < 1.29 is 9.47 Å². The molecule has 0 amide bonds. The number of rotatable bonds is 4. The van der Waals surface area contributed by atoms with Gasteiger partial charge in [-0.15, -0.1) is 0 Å². The Morgan fingerprint density at radius 2 is 2.26 bits per heavy atom. The van der Waals surface area contributed by atoms with Crippen molar-refractivity contribution in [3.63, 3.8) is 0 Å². The molecule has 2 aliphatic rings. The summed E-state index contributed by atoms with van der Waals surface area (Å²) in [7, 11) is 1.78. The van der Waals surface area contributed by atoms with E-state index in [0.717, 1.165) is 18.1 Å². The maximum absolute atomic E-state index is 6.21. The Bertz CT molecular complexity index is 603. The first kappa shape index (κ1) is 16.6. The molecule has 0 aromatic heterocycles. The van der Waals surface area contributed by atoms with Crippen molar-refractivity contribution in [3.05, 3.63) is 22.7 Å². The van der Waals surface area contributed by atoms with E-state index < -0.39 is 0 Å². The maximum atomic E-state index is 6.21. The van der Waals surface area contributed by atoms with Gasteiger partial charge in [-0.2, -0.15) is 11.8 Å². The van der Waals surface area contributed by atoms with Crippen LogP contribution in [0.25, 0.3) is 0 Å². The Labute approximate surface area is 146 Å². The van der Waals surface area contributed by atoms with Gasteiger partial charge in [-0.1, -0.05) is 11.6 Å². The van der Waals surface area contributed by atoms with Crippen molar-refractivity contribution in [1.29, 1.82) is 0 Å². The topological polar surface area (TPSA) is 54.9 Å². The zero-order valence-corrected chi connectivity index (χ0v) is 15.0. The molecule has 126 valence electrons. The fraction of sp³-hybridized carbons (Fsp3) is 0.562. The van der Waals surface area contributed by atoms with Crippen LogP contribution in [0.15, 0.2) is 17.1 Å². The Balaban J connectivity index is 1.55. The van der Waals surface area contributed by atoms with Gasteiger partial charge in [-0.3, -0.25) is 4.99 Å². The molecule has 2 aliphatic heterocycles. The molecule has 23 heavy (non-hydrogen) atoms. The third-order valence-electron chi connectivity index (χ3n) is 4.10. The second-order valence-electron chi connectivity index (χ2n) is 5.99. The summed E-state index contributed by atoms with van der Waals surface area (Å²) in [6.07, 6.45) is 2.55. The number of fused-ring (bicyclic) bond motifs is 1. The van der Waals surface area contributed by atoms with Crippen LogP contribution in [0.2, 0.25) is 5.02 Å². The second kappa shape index (κ2) is 7.09. The molecule has 0 saturated carbocycles. The smallest absolute Gasteiger partial charge is 0.231 e. The predicted molar refractivity (Wildman–Crippen MR) is 95.9 cm³/mol. The van der Waals surface area contributed by atoms with Crippen LogP contribution in [0.5, 0.6) is 11.5 Å². The Morgan fingerprint density at radius 1 is 1.39 bits per heavy atom. The lowest BCUT2D eigenvalue weighted by Gasteiger charge is -2.24. The first-order valence-electron chi connectivity index (χ1n) is 7.76. The van der Waals surface area contributed by atoms with Gasteiger partial charge in [0.1, 0.15) is 0 Å². The summed E-state index contributed by atoms with van der Waals surface area (Å²) >= 11 is 8.24. The highest BCUT2D eigenvalue weighted by Gasteiger charge is 2.29. The molecule has 0 bridgehead atoms. The zero-order chi connectivity index (χ0) is 16.3. The number of nitrogens with zero attached hydrogens (tertiary/aromatic N) is 1. The molecular weight excluding hydrogens is 334 g/mol. The average Bonchev–Trinajstić information content (AvgIpc) is 3.17. The van der Waals surface area contributed by atoms with Crippen LogP contribution >= 0.6 is 23.4 Å². The highest BCUT2D eigenvalue weighted by molar-refractivity contribution is 8.00. The van der Waals surface area contributed by atoms with Crippen LogP contribution in [-0.2, 0) is 6.54 Å². The summed E-state index contributed by atoms with van der Waals surface area (Å²) in [5.74, 6) is 3.38. The number of hydrogen-bond acceptors (Lipinski definition) is 4. The third-order valence-corrected chi connectivity index (χ3v) is 5.92. The van der Waals surface area contributed by atoms with Crippen molar-refractivity contribution in [2.45, 2.75) is 31.1 Å². The van der Waals surface area contributed by atoms with E-state index in [1.165, 1.54) is 18.6 Å². The van der Waals surface area contributed by atoms with Crippen molar-refractivity contribution >= 4 is 29.3 Å². The number of thioether (sulfide) groups is 1. The number of nitrogens with one attached hydrogen (secondary N) is 2. The lowest BCUT2D eigenvalue weighted by atomic mass is 10.1. The Hall–Kier alpha value is -1.27. The lowest BCUT2D eigenvalue weighted by Crippen LogP contribution is -2.43. The van der Waals surface area contributed by atoms with Gasteiger partial charge in [-0.25, -0.2) is 0 Å². The predicted octanol–water partition coefficient (Wildman–Crippen LogP) is 3.02. The van der Waals surface area contributed by atoms with E-state index in [0.29, 0.717) is 27.8 Å². The first-order chi connectivity index (χ1) is 11.1. The molecule has 5 nitrogen and oxygen atoms in total. The quantitative estimate of drug-likeness (QED) is 0.642. The average molecular weight is 356 g/mol. The van der Waals surface area contributed by atoms with Crippen LogP contribution in [0.3, 0.4) is 0 Å².